The van der Waals surface area contributed by atoms with Gasteiger partial charge in [0.25, 0.3) is 0 Å². The van der Waals surface area contributed by atoms with Crippen molar-refractivity contribution in [3.8, 4) is 5.75 Å². The number of nitrogens with zero attached hydrogens (tertiary/aromatic N) is 2. The number of allylic oxidation sites excluding steroid dienone is 2. The van der Waals surface area contributed by atoms with Gasteiger partial charge < -0.3 is 15.0 Å². The molecular weight excluding hydrogens is 362 g/mol. The Hall–Kier alpha value is -3.16. The first-order chi connectivity index (χ1) is 13.4. The van der Waals surface area contributed by atoms with E-state index in [4.69, 9.17) is 4.74 Å². The van der Waals surface area contributed by atoms with Gasteiger partial charge >= 0.3 is 0 Å². The number of likely N-dealkylation sites (N-methyl/N-ethyl adjacent to an activating group) is 1. The number of anilines is 1. The highest BCUT2D eigenvalue weighted by molar-refractivity contribution is 6.07. The molecule has 1 aliphatic heterocycles. The smallest absolute Gasteiger partial charge is 0.243 e. The number of benzene rings is 1. The van der Waals surface area contributed by atoms with Gasteiger partial charge in [-0.15, -0.1) is 0 Å². The lowest BCUT2D eigenvalue weighted by molar-refractivity contribution is -0.146. The summed E-state index contributed by atoms with van der Waals surface area (Å²) in [5, 5.41) is 2.69. The van der Waals surface area contributed by atoms with E-state index in [2.05, 4.69) is 5.32 Å². The largest absolute Gasteiger partial charge is 0.497 e. The first-order valence-electron chi connectivity index (χ1n) is 9.08. The van der Waals surface area contributed by atoms with Gasteiger partial charge in [-0.3, -0.25) is 24.1 Å². The maximum absolute atomic E-state index is 12.4. The quantitative estimate of drug-likeness (QED) is 0.583. The molecule has 148 valence electrons. The van der Waals surface area contributed by atoms with Crippen LogP contribution in [-0.2, 0) is 19.2 Å². The minimum atomic E-state index is -0.460. The summed E-state index contributed by atoms with van der Waals surface area (Å²) in [5.74, 6) is -1.51. The van der Waals surface area contributed by atoms with Gasteiger partial charge in [-0.25, -0.2) is 0 Å². The van der Waals surface area contributed by atoms with Crippen LogP contribution in [0.2, 0.25) is 0 Å². The predicted molar refractivity (Wildman–Crippen MR) is 101 cm³/mol. The molecule has 2 atom stereocenters. The third kappa shape index (κ3) is 4.05. The Morgan fingerprint density at radius 2 is 1.68 bits per heavy atom. The van der Waals surface area contributed by atoms with Gasteiger partial charge in [0.05, 0.1) is 25.5 Å². The molecule has 1 heterocycles. The molecular formula is C20H23N3O5. The topological polar surface area (TPSA) is 96.0 Å². The summed E-state index contributed by atoms with van der Waals surface area (Å²) in [6, 6.07) is 6.80. The molecule has 3 rings (SSSR count). The number of amides is 4. The molecule has 0 unspecified atom stereocenters. The summed E-state index contributed by atoms with van der Waals surface area (Å²) in [5.41, 5.74) is 0.577. The van der Waals surface area contributed by atoms with E-state index in [0.29, 0.717) is 24.3 Å². The highest BCUT2D eigenvalue weighted by Crippen LogP contribution is 2.34. The fourth-order valence-corrected chi connectivity index (χ4v) is 3.46. The van der Waals surface area contributed by atoms with Crippen molar-refractivity contribution in [2.75, 3.05) is 32.6 Å². The highest BCUT2D eigenvalue weighted by atomic mass is 16.5. The molecule has 4 amide bonds. The van der Waals surface area contributed by atoms with Crippen molar-refractivity contribution in [3.63, 3.8) is 0 Å². The summed E-state index contributed by atoms with van der Waals surface area (Å²) in [4.78, 5) is 51.7. The van der Waals surface area contributed by atoms with E-state index in [0.717, 1.165) is 4.90 Å². The number of hydrogen-bond donors (Lipinski definition) is 1. The number of methoxy groups -OCH3 is 1. The van der Waals surface area contributed by atoms with Crippen LogP contribution in [0.5, 0.6) is 5.75 Å². The number of carbonyl (C=O) groups excluding carboxylic acids is 4. The van der Waals surface area contributed by atoms with Crippen molar-refractivity contribution in [2.45, 2.75) is 12.8 Å². The van der Waals surface area contributed by atoms with E-state index < -0.39 is 5.91 Å². The van der Waals surface area contributed by atoms with Crippen LogP contribution in [-0.4, -0.2) is 60.7 Å². The number of carbonyl (C=O) groups is 4. The average molecular weight is 385 g/mol. The molecule has 1 N–H and O–H groups in total. The van der Waals surface area contributed by atoms with Crippen LogP contribution in [0.25, 0.3) is 0 Å². The van der Waals surface area contributed by atoms with Gasteiger partial charge in [-0.05, 0) is 37.1 Å². The Bertz CT molecular complexity index is 792. The van der Waals surface area contributed by atoms with Gasteiger partial charge in [-0.2, -0.15) is 0 Å². The molecule has 2 aliphatic rings. The lowest BCUT2D eigenvalue weighted by Gasteiger charge is -2.20. The van der Waals surface area contributed by atoms with Crippen LogP contribution in [0.15, 0.2) is 36.4 Å². The van der Waals surface area contributed by atoms with Crippen molar-refractivity contribution in [1.82, 2.24) is 9.80 Å². The second-order valence-electron chi connectivity index (χ2n) is 6.94. The molecule has 0 aromatic heterocycles. The van der Waals surface area contributed by atoms with Crippen LogP contribution in [0.3, 0.4) is 0 Å². The molecule has 8 nitrogen and oxygen atoms in total. The maximum Gasteiger partial charge on any atom is 0.243 e. The van der Waals surface area contributed by atoms with Crippen LogP contribution in [0, 0.1) is 11.8 Å². The van der Waals surface area contributed by atoms with Crippen molar-refractivity contribution in [2.24, 2.45) is 11.8 Å². The van der Waals surface area contributed by atoms with Gasteiger partial charge in [0.15, 0.2) is 0 Å². The number of imide groups is 1. The Balaban J connectivity index is 1.53. The molecule has 0 saturated carbocycles. The van der Waals surface area contributed by atoms with Crippen molar-refractivity contribution >= 4 is 29.3 Å². The second kappa shape index (κ2) is 8.24. The number of likely N-dealkylation sites (tertiary alicyclic amines) is 1. The fraction of sp³-hybridized carbons (Fsp3) is 0.400. The van der Waals surface area contributed by atoms with E-state index in [1.54, 1.807) is 31.4 Å². The van der Waals surface area contributed by atoms with E-state index in [-0.39, 0.29) is 42.6 Å². The zero-order valence-corrected chi connectivity index (χ0v) is 15.9. The summed E-state index contributed by atoms with van der Waals surface area (Å²) >= 11 is 0. The van der Waals surface area contributed by atoms with E-state index in [9.17, 15) is 19.2 Å². The monoisotopic (exact) mass is 385 g/mol. The Morgan fingerprint density at radius 1 is 1.11 bits per heavy atom. The van der Waals surface area contributed by atoms with Crippen LogP contribution in [0.4, 0.5) is 5.69 Å². The molecule has 28 heavy (non-hydrogen) atoms. The predicted octanol–water partition coefficient (Wildman–Crippen LogP) is 1.04. The fourth-order valence-electron chi connectivity index (χ4n) is 3.46. The lowest BCUT2D eigenvalue weighted by Crippen LogP contribution is -2.44. The summed E-state index contributed by atoms with van der Waals surface area (Å²) in [6.45, 7) is -0.521. The zero-order valence-electron chi connectivity index (χ0n) is 15.9. The molecule has 0 bridgehead atoms. The third-order valence-corrected chi connectivity index (χ3v) is 5.07. The van der Waals surface area contributed by atoms with E-state index in [1.807, 2.05) is 12.2 Å². The third-order valence-electron chi connectivity index (χ3n) is 5.07. The summed E-state index contributed by atoms with van der Waals surface area (Å²) in [7, 11) is 3.02. The Morgan fingerprint density at radius 3 is 2.21 bits per heavy atom. The highest BCUT2D eigenvalue weighted by Gasteiger charge is 2.47. The number of fused-ring (bicyclic) bond motifs is 1. The van der Waals surface area contributed by atoms with Crippen LogP contribution < -0.4 is 10.1 Å². The average Bonchev–Trinajstić information content (AvgIpc) is 2.93. The molecule has 1 aromatic rings. The SMILES string of the molecule is COc1ccc(NC(=O)CN(C)C(=O)CN2C(=O)[C@@H]3CC=CC[C@H]3C2=O)cc1. The minimum absolute atomic E-state index is 0.185. The standard InChI is InChI=1S/C20H23N3O5/c1-22(11-17(24)21-13-7-9-14(28-2)10-8-13)18(25)12-23-19(26)15-5-3-4-6-16(15)20(23)27/h3-4,7-10,15-16H,5-6,11-12H2,1-2H3,(H,21,24)/t15-,16-/m1/s1. The van der Waals surface area contributed by atoms with Crippen molar-refractivity contribution < 1.29 is 23.9 Å². The molecule has 8 heteroatoms. The minimum Gasteiger partial charge on any atom is -0.497 e. The number of rotatable bonds is 6. The molecule has 1 aliphatic carbocycles. The molecule has 1 aromatic carbocycles. The Kier molecular flexibility index (Phi) is 5.77. The number of nitrogens with one attached hydrogen (secondary N) is 1. The van der Waals surface area contributed by atoms with Crippen LogP contribution >= 0.6 is 0 Å². The Labute approximate surface area is 163 Å². The zero-order chi connectivity index (χ0) is 20.3. The van der Waals surface area contributed by atoms with Gasteiger partial charge in [0.2, 0.25) is 23.6 Å². The van der Waals surface area contributed by atoms with Crippen molar-refractivity contribution in [3.05, 3.63) is 36.4 Å². The number of hydrogen-bond acceptors (Lipinski definition) is 5. The molecule has 0 spiro atoms. The normalized spacial score (nSPS) is 20.7. The lowest BCUT2D eigenvalue weighted by atomic mass is 9.85. The molecule has 0 radical (unpaired) electrons. The van der Waals surface area contributed by atoms with E-state index in [1.165, 1.54) is 11.9 Å². The molecule has 1 saturated heterocycles. The van der Waals surface area contributed by atoms with Gasteiger partial charge in [-0.1, -0.05) is 12.2 Å². The summed E-state index contributed by atoms with van der Waals surface area (Å²) in [6.07, 6.45) is 4.85. The van der Waals surface area contributed by atoms with Crippen LogP contribution in [0.1, 0.15) is 12.8 Å². The number of ether oxygens (including phenoxy) is 1. The van der Waals surface area contributed by atoms with E-state index >= 15 is 0 Å². The first-order valence-corrected chi connectivity index (χ1v) is 9.08. The van der Waals surface area contributed by atoms with Gasteiger partial charge in [0.1, 0.15) is 12.3 Å². The summed E-state index contributed by atoms with van der Waals surface area (Å²) < 4.78 is 5.06. The molecule has 1 fully saturated rings. The maximum atomic E-state index is 12.4. The van der Waals surface area contributed by atoms with Crippen molar-refractivity contribution in [1.29, 1.82) is 0 Å². The second-order valence-corrected chi connectivity index (χ2v) is 6.94. The first kappa shape index (κ1) is 19.6. The van der Waals surface area contributed by atoms with Gasteiger partial charge in [0, 0.05) is 12.7 Å².